The lowest BCUT2D eigenvalue weighted by atomic mass is 9.73. The van der Waals surface area contributed by atoms with Crippen molar-refractivity contribution in [1.29, 1.82) is 0 Å². The first-order valence-electron chi connectivity index (χ1n) is 10.6. The number of rotatable bonds is 4. The predicted octanol–water partition coefficient (Wildman–Crippen LogP) is 1.69. The molecule has 0 bridgehead atoms. The molecule has 1 saturated carbocycles. The zero-order chi connectivity index (χ0) is 20.6. The van der Waals surface area contributed by atoms with Gasteiger partial charge in [-0.05, 0) is 36.8 Å². The third-order valence-electron chi connectivity index (χ3n) is 7.12. The summed E-state index contributed by atoms with van der Waals surface area (Å²) in [6.07, 6.45) is 3.55. The topological polar surface area (TPSA) is 95.7 Å². The van der Waals surface area contributed by atoms with Crippen LogP contribution in [0, 0.1) is 11.8 Å². The molecule has 2 unspecified atom stereocenters. The van der Waals surface area contributed by atoms with Crippen LogP contribution in [0.25, 0.3) is 0 Å². The molecule has 4 amide bonds. The number of nitrogens with two attached hydrogens (primary N) is 1. The van der Waals surface area contributed by atoms with Gasteiger partial charge in [-0.3, -0.25) is 14.5 Å². The van der Waals surface area contributed by atoms with Crippen molar-refractivity contribution < 1.29 is 14.4 Å². The lowest BCUT2D eigenvalue weighted by Gasteiger charge is -2.36. The van der Waals surface area contributed by atoms with Gasteiger partial charge in [-0.1, -0.05) is 50.1 Å². The molecule has 3 aliphatic rings. The Morgan fingerprint density at radius 1 is 1.21 bits per heavy atom. The van der Waals surface area contributed by atoms with Gasteiger partial charge >= 0.3 is 6.03 Å². The molecule has 7 nitrogen and oxygen atoms in total. The smallest absolute Gasteiger partial charge is 0.325 e. The molecule has 4 rings (SSSR count). The number of nitrogens with one attached hydrogen (secondary N) is 1. The lowest BCUT2D eigenvalue weighted by Crippen LogP contribution is -2.54. The summed E-state index contributed by atoms with van der Waals surface area (Å²) in [4.78, 5) is 41.5. The van der Waals surface area contributed by atoms with Crippen molar-refractivity contribution in [2.75, 3.05) is 26.2 Å². The van der Waals surface area contributed by atoms with Crippen molar-refractivity contribution in [2.45, 2.75) is 44.1 Å². The summed E-state index contributed by atoms with van der Waals surface area (Å²) in [6, 6.07) is 9.64. The van der Waals surface area contributed by atoms with Crippen molar-refractivity contribution in [2.24, 2.45) is 17.6 Å². The second kappa shape index (κ2) is 7.78. The van der Waals surface area contributed by atoms with E-state index in [9.17, 15) is 14.4 Å². The molecule has 3 N–H and O–H groups in total. The van der Waals surface area contributed by atoms with Crippen LogP contribution in [0.2, 0.25) is 0 Å². The maximum atomic E-state index is 13.1. The van der Waals surface area contributed by atoms with Crippen LogP contribution in [0.1, 0.15) is 44.1 Å². The van der Waals surface area contributed by atoms with Gasteiger partial charge in [0.1, 0.15) is 12.1 Å². The van der Waals surface area contributed by atoms with E-state index in [4.69, 9.17) is 5.73 Å². The molecule has 0 radical (unpaired) electrons. The van der Waals surface area contributed by atoms with Crippen LogP contribution in [-0.2, 0) is 9.59 Å². The highest BCUT2D eigenvalue weighted by Crippen LogP contribution is 2.38. The van der Waals surface area contributed by atoms with Crippen molar-refractivity contribution in [3.8, 4) is 0 Å². The molecule has 1 aliphatic carbocycles. The molecule has 156 valence electrons. The number of amides is 4. The molecule has 2 saturated heterocycles. The Morgan fingerprint density at radius 2 is 1.97 bits per heavy atom. The van der Waals surface area contributed by atoms with Crippen LogP contribution < -0.4 is 11.1 Å². The second-order valence-corrected chi connectivity index (χ2v) is 8.75. The highest BCUT2D eigenvalue weighted by molar-refractivity contribution is 6.09. The molecule has 2 heterocycles. The number of urea groups is 1. The van der Waals surface area contributed by atoms with Crippen LogP contribution in [0.15, 0.2) is 30.3 Å². The highest BCUT2D eigenvalue weighted by Gasteiger charge is 2.55. The van der Waals surface area contributed by atoms with Crippen molar-refractivity contribution in [1.82, 2.24) is 15.1 Å². The average molecular weight is 399 g/mol. The highest BCUT2D eigenvalue weighted by atomic mass is 16.2. The molecule has 3 fully saturated rings. The van der Waals surface area contributed by atoms with Gasteiger partial charge in [0.2, 0.25) is 5.91 Å². The molecular weight excluding hydrogens is 368 g/mol. The third kappa shape index (κ3) is 3.41. The SMILES string of the molecule is CC1CCCCC12NC(=O)N(CC(=O)N1C[C@@H](CN)[C@H](c3ccccc3)C1)C2=O. The van der Waals surface area contributed by atoms with E-state index >= 15 is 0 Å². The summed E-state index contributed by atoms with van der Waals surface area (Å²) in [6.45, 7) is 3.43. The maximum absolute atomic E-state index is 13.1. The van der Waals surface area contributed by atoms with E-state index in [2.05, 4.69) is 17.4 Å². The van der Waals surface area contributed by atoms with Gasteiger partial charge in [0.05, 0.1) is 0 Å². The van der Waals surface area contributed by atoms with Gasteiger partial charge in [-0.2, -0.15) is 0 Å². The van der Waals surface area contributed by atoms with E-state index in [0.29, 0.717) is 26.1 Å². The monoisotopic (exact) mass is 398 g/mol. The molecule has 7 heteroatoms. The quantitative estimate of drug-likeness (QED) is 0.755. The fourth-order valence-corrected chi connectivity index (χ4v) is 5.27. The number of nitrogens with zero attached hydrogens (tertiary/aromatic N) is 2. The van der Waals surface area contributed by atoms with Gasteiger partial charge < -0.3 is 16.0 Å². The van der Waals surface area contributed by atoms with Crippen LogP contribution in [0.5, 0.6) is 0 Å². The van der Waals surface area contributed by atoms with Crippen LogP contribution in [0.4, 0.5) is 4.79 Å². The lowest BCUT2D eigenvalue weighted by molar-refractivity contribution is -0.140. The van der Waals surface area contributed by atoms with E-state index in [1.165, 1.54) is 5.56 Å². The summed E-state index contributed by atoms with van der Waals surface area (Å²) in [7, 11) is 0. The normalized spacial score (nSPS) is 32.1. The van der Waals surface area contributed by atoms with Gasteiger partial charge in [-0.15, -0.1) is 0 Å². The molecule has 29 heavy (non-hydrogen) atoms. The Labute approximate surface area is 171 Å². The summed E-state index contributed by atoms with van der Waals surface area (Å²) in [5.41, 5.74) is 6.32. The number of hydrogen-bond donors (Lipinski definition) is 2. The Kier molecular flexibility index (Phi) is 5.34. The van der Waals surface area contributed by atoms with E-state index in [1.54, 1.807) is 4.90 Å². The largest absolute Gasteiger partial charge is 0.340 e. The minimum Gasteiger partial charge on any atom is -0.340 e. The van der Waals surface area contributed by atoms with Crippen molar-refractivity contribution >= 4 is 17.8 Å². The average Bonchev–Trinajstić information content (AvgIpc) is 3.27. The summed E-state index contributed by atoms with van der Waals surface area (Å²) >= 11 is 0. The number of carbonyl (C=O) groups excluding carboxylic acids is 3. The van der Waals surface area contributed by atoms with E-state index in [0.717, 1.165) is 24.2 Å². The minimum absolute atomic E-state index is 0.0867. The summed E-state index contributed by atoms with van der Waals surface area (Å²) in [5, 5.41) is 2.92. The zero-order valence-electron chi connectivity index (χ0n) is 17.0. The Bertz CT molecular complexity index is 799. The van der Waals surface area contributed by atoms with Crippen molar-refractivity contribution in [3.05, 3.63) is 35.9 Å². The number of hydrogen-bond acceptors (Lipinski definition) is 4. The van der Waals surface area contributed by atoms with E-state index in [1.807, 2.05) is 25.1 Å². The van der Waals surface area contributed by atoms with Gasteiger partial charge in [0.25, 0.3) is 5.91 Å². The first-order valence-corrected chi connectivity index (χ1v) is 10.6. The number of carbonyl (C=O) groups is 3. The summed E-state index contributed by atoms with van der Waals surface area (Å²) < 4.78 is 0. The molecular formula is C22H30N4O3. The first-order chi connectivity index (χ1) is 14.0. The van der Waals surface area contributed by atoms with Crippen LogP contribution in [-0.4, -0.2) is 59.4 Å². The Hall–Kier alpha value is -2.41. The predicted molar refractivity (Wildman–Crippen MR) is 109 cm³/mol. The van der Waals surface area contributed by atoms with Gasteiger partial charge in [0, 0.05) is 19.0 Å². The third-order valence-corrected chi connectivity index (χ3v) is 7.12. The number of imide groups is 1. The fourth-order valence-electron chi connectivity index (χ4n) is 5.27. The standard InChI is InChI=1S/C22H30N4O3/c1-15-7-5-6-10-22(15)20(28)26(21(29)24-22)14-19(27)25-12-17(11-23)18(13-25)16-8-3-2-4-9-16/h2-4,8-9,15,17-18H,5-7,10-14,23H2,1H3,(H,24,29)/t15?,17-,18+,22?/m1/s1. The number of likely N-dealkylation sites (tertiary alicyclic amines) is 1. The van der Waals surface area contributed by atoms with E-state index in [-0.39, 0.29) is 36.1 Å². The molecule has 0 aromatic heterocycles. The second-order valence-electron chi connectivity index (χ2n) is 8.75. The summed E-state index contributed by atoms with van der Waals surface area (Å²) in [5.74, 6) is 0.0129. The van der Waals surface area contributed by atoms with Gasteiger partial charge in [0.15, 0.2) is 0 Å². The maximum Gasteiger partial charge on any atom is 0.325 e. The zero-order valence-corrected chi connectivity index (χ0v) is 17.0. The molecule has 1 spiro atoms. The number of benzene rings is 1. The van der Waals surface area contributed by atoms with E-state index < -0.39 is 11.6 Å². The first kappa shape index (κ1) is 19.9. The minimum atomic E-state index is -0.826. The van der Waals surface area contributed by atoms with Crippen LogP contribution in [0.3, 0.4) is 0 Å². The molecule has 1 aromatic rings. The molecule has 1 aromatic carbocycles. The fraction of sp³-hybridized carbons (Fsp3) is 0.591. The molecule has 2 aliphatic heterocycles. The molecule has 4 atom stereocenters. The van der Waals surface area contributed by atoms with Crippen molar-refractivity contribution in [3.63, 3.8) is 0 Å². The van der Waals surface area contributed by atoms with Crippen LogP contribution >= 0.6 is 0 Å². The Balaban J connectivity index is 1.45. The van der Waals surface area contributed by atoms with Gasteiger partial charge in [-0.25, -0.2) is 4.79 Å². The Morgan fingerprint density at radius 3 is 2.66 bits per heavy atom.